The summed E-state index contributed by atoms with van der Waals surface area (Å²) in [6, 6.07) is 16.9. The van der Waals surface area contributed by atoms with Crippen LogP contribution in [-0.2, 0) is 10.3 Å². The number of nitrogens with one attached hydrogen (secondary N) is 1. The van der Waals surface area contributed by atoms with E-state index in [2.05, 4.69) is 15.4 Å². The highest BCUT2D eigenvalue weighted by molar-refractivity contribution is 6.07. The summed E-state index contributed by atoms with van der Waals surface area (Å²) < 4.78 is 1.69. The van der Waals surface area contributed by atoms with E-state index in [0.717, 1.165) is 16.8 Å². The van der Waals surface area contributed by atoms with Gasteiger partial charge in [0, 0.05) is 6.04 Å². The zero-order valence-electron chi connectivity index (χ0n) is 17.2. The summed E-state index contributed by atoms with van der Waals surface area (Å²) in [5.74, 6) is -0.251. The fourth-order valence-electron chi connectivity index (χ4n) is 3.64. The van der Waals surface area contributed by atoms with E-state index in [1.807, 2.05) is 73.5 Å². The number of amides is 3. The van der Waals surface area contributed by atoms with Crippen LogP contribution in [-0.4, -0.2) is 50.2 Å². The van der Waals surface area contributed by atoms with E-state index < -0.39 is 5.54 Å². The highest BCUT2D eigenvalue weighted by atomic mass is 16.2. The lowest BCUT2D eigenvalue weighted by Gasteiger charge is -2.29. The van der Waals surface area contributed by atoms with Crippen LogP contribution >= 0.6 is 0 Å². The summed E-state index contributed by atoms with van der Waals surface area (Å²) in [5, 5.41) is 6.98. The molecule has 30 heavy (non-hydrogen) atoms. The summed E-state index contributed by atoms with van der Waals surface area (Å²) in [6.45, 7) is 3.98. The second kappa shape index (κ2) is 7.72. The van der Waals surface area contributed by atoms with Crippen molar-refractivity contribution in [1.29, 1.82) is 0 Å². The number of carbonyl (C=O) groups excluding carboxylic acids is 2. The maximum absolute atomic E-state index is 13.1. The largest absolute Gasteiger partial charge is 0.326 e. The van der Waals surface area contributed by atoms with Crippen LogP contribution in [0.4, 0.5) is 4.79 Å². The van der Waals surface area contributed by atoms with Crippen LogP contribution in [0.5, 0.6) is 0 Å². The molecule has 0 aliphatic carbocycles. The Morgan fingerprint density at radius 1 is 1.10 bits per heavy atom. The van der Waals surface area contributed by atoms with Crippen molar-refractivity contribution < 1.29 is 9.59 Å². The molecule has 154 valence electrons. The van der Waals surface area contributed by atoms with Crippen LogP contribution < -0.4 is 5.32 Å². The number of urea groups is 1. The number of benzene rings is 2. The first-order chi connectivity index (χ1) is 14.4. The topological polar surface area (TPSA) is 83.4 Å². The molecule has 8 nitrogen and oxygen atoms in total. The highest BCUT2D eigenvalue weighted by Crippen LogP contribution is 2.29. The Labute approximate surface area is 175 Å². The first-order valence-electron chi connectivity index (χ1n) is 9.75. The van der Waals surface area contributed by atoms with Crippen molar-refractivity contribution in [1.82, 2.24) is 29.9 Å². The first kappa shape index (κ1) is 19.8. The van der Waals surface area contributed by atoms with Crippen LogP contribution in [0, 0.1) is 0 Å². The van der Waals surface area contributed by atoms with E-state index in [-0.39, 0.29) is 24.6 Å². The van der Waals surface area contributed by atoms with E-state index >= 15 is 0 Å². The second-order valence-corrected chi connectivity index (χ2v) is 7.66. The number of aromatic nitrogens is 3. The van der Waals surface area contributed by atoms with Crippen LogP contribution in [0.1, 0.15) is 31.0 Å². The van der Waals surface area contributed by atoms with Gasteiger partial charge in [0.05, 0.1) is 12.4 Å². The predicted molar refractivity (Wildman–Crippen MR) is 112 cm³/mol. The molecule has 0 saturated carbocycles. The molecule has 8 heteroatoms. The van der Waals surface area contributed by atoms with Crippen LogP contribution in [0.25, 0.3) is 5.69 Å². The van der Waals surface area contributed by atoms with Gasteiger partial charge in [-0.1, -0.05) is 42.5 Å². The van der Waals surface area contributed by atoms with E-state index in [1.165, 1.54) is 11.2 Å². The van der Waals surface area contributed by atoms with E-state index in [9.17, 15) is 9.59 Å². The Kier molecular flexibility index (Phi) is 5.09. The van der Waals surface area contributed by atoms with Gasteiger partial charge in [-0.15, -0.1) is 0 Å². The first-order valence-corrected chi connectivity index (χ1v) is 9.75. The molecule has 3 amide bonds. The number of hydrogen-bond donors (Lipinski definition) is 1. The van der Waals surface area contributed by atoms with Crippen molar-refractivity contribution in [3.8, 4) is 5.69 Å². The third-order valence-corrected chi connectivity index (χ3v) is 5.71. The van der Waals surface area contributed by atoms with E-state index in [4.69, 9.17) is 0 Å². The van der Waals surface area contributed by atoms with Gasteiger partial charge in [-0.05, 0) is 44.2 Å². The summed E-state index contributed by atoms with van der Waals surface area (Å²) in [7, 11) is 1.90. The highest BCUT2D eigenvalue weighted by Gasteiger charge is 2.49. The molecule has 0 unspecified atom stereocenters. The van der Waals surface area contributed by atoms with Crippen molar-refractivity contribution in [3.63, 3.8) is 0 Å². The average molecular weight is 404 g/mol. The van der Waals surface area contributed by atoms with Gasteiger partial charge < -0.3 is 5.32 Å². The zero-order chi connectivity index (χ0) is 21.3. The molecule has 2 aromatic carbocycles. The normalized spacial score (nSPS) is 19.9. The fourth-order valence-corrected chi connectivity index (χ4v) is 3.64. The van der Waals surface area contributed by atoms with Gasteiger partial charge in [0.1, 0.15) is 18.2 Å². The lowest BCUT2D eigenvalue weighted by Crippen LogP contribution is -2.43. The SMILES string of the molecule is C[C@@H](c1ccc(-n2cncn2)cc1)N(C)CN1C(=O)N[C@](C)(c2ccccc2)C1=O. The molecule has 1 aliphatic heterocycles. The number of nitrogens with zero attached hydrogens (tertiary/aromatic N) is 5. The molecule has 1 aliphatic rings. The second-order valence-electron chi connectivity index (χ2n) is 7.66. The van der Waals surface area contributed by atoms with Crippen LogP contribution in [0.3, 0.4) is 0 Å². The van der Waals surface area contributed by atoms with Crippen molar-refractivity contribution >= 4 is 11.9 Å². The maximum atomic E-state index is 13.1. The van der Waals surface area contributed by atoms with E-state index in [0.29, 0.717) is 0 Å². The van der Waals surface area contributed by atoms with Gasteiger partial charge in [0.15, 0.2) is 0 Å². The van der Waals surface area contributed by atoms with E-state index in [1.54, 1.807) is 17.9 Å². The molecule has 0 radical (unpaired) electrons. The monoisotopic (exact) mass is 404 g/mol. The molecule has 4 rings (SSSR count). The summed E-state index contributed by atoms with van der Waals surface area (Å²) in [5.41, 5.74) is 1.70. The average Bonchev–Trinajstić information content (AvgIpc) is 3.38. The molecular formula is C22H24N6O2. The summed E-state index contributed by atoms with van der Waals surface area (Å²) in [6.07, 6.45) is 3.14. The Morgan fingerprint density at radius 3 is 2.43 bits per heavy atom. The number of hydrogen-bond acceptors (Lipinski definition) is 5. The smallest absolute Gasteiger partial charge is 0.319 e. The molecule has 2 heterocycles. The molecule has 2 atom stereocenters. The molecular weight excluding hydrogens is 380 g/mol. The van der Waals surface area contributed by atoms with Gasteiger partial charge in [0.2, 0.25) is 0 Å². The van der Waals surface area contributed by atoms with Crippen molar-refractivity contribution in [2.24, 2.45) is 0 Å². The van der Waals surface area contributed by atoms with Crippen LogP contribution in [0.2, 0.25) is 0 Å². The maximum Gasteiger partial charge on any atom is 0.326 e. The van der Waals surface area contributed by atoms with Crippen molar-refractivity contribution in [2.45, 2.75) is 25.4 Å². The Bertz CT molecular complexity index is 1040. The molecule has 1 fully saturated rings. The minimum atomic E-state index is -1.05. The van der Waals surface area contributed by atoms with Gasteiger partial charge in [0.25, 0.3) is 5.91 Å². The number of rotatable bonds is 6. The lowest BCUT2D eigenvalue weighted by atomic mass is 9.92. The molecule has 3 aromatic rings. The summed E-state index contributed by atoms with van der Waals surface area (Å²) >= 11 is 0. The molecule has 0 spiro atoms. The van der Waals surface area contributed by atoms with Crippen molar-refractivity contribution in [3.05, 3.63) is 78.4 Å². The number of carbonyl (C=O) groups is 2. The Balaban J connectivity index is 1.47. The molecule has 1 aromatic heterocycles. The molecule has 0 bridgehead atoms. The predicted octanol–water partition coefficient (Wildman–Crippen LogP) is 2.68. The van der Waals surface area contributed by atoms with Gasteiger partial charge >= 0.3 is 6.03 Å². The quantitative estimate of drug-likeness (QED) is 0.639. The molecule has 1 N–H and O–H groups in total. The Hall–Kier alpha value is -3.52. The van der Waals surface area contributed by atoms with Crippen molar-refractivity contribution in [2.75, 3.05) is 13.7 Å². The minimum absolute atomic E-state index is 0.000946. The lowest BCUT2D eigenvalue weighted by molar-refractivity contribution is -0.132. The van der Waals surface area contributed by atoms with Crippen LogP contribution in [0.15, 0.2) is 67.3 Å². The van der Waals surface area contributed by atoms with Gasteiger partial charge in [-0.2, -0.15) is 5.10 Å². The zero-order valence-corrected chi connectivity index (χ0v) is 17.2. The molecule has 1 saturated heterocycles. The number of imide groups is 1. The van der Waals surface area contributed by atoms with Gasteiger partial charge in [-0.3, -0.25) is 9.69 Å². The minimum Gasteiger partial charge on any atom is -0.319 e. The third kappa shape index (κ3) is 3.46. The third-order valence-electron chi connectivity index (χ3n) is 5.71. The standard InChI is InChI=1S/C22H24N6O2/c1-16(17-9-11-19(12-10-17)28-14-23-13-24-28)26(3)15-27-20(29)22(2,25-21(27)30)18-7-5-4-6-8-18/h4-14,16H,15H2,1-3H3,(H,25,30)/t16-,22+/m0/s1. The van der Waals surface area contributed by atoms with Gasteiger partial charge in [-0.25, -0.2) is 19.4 Å². The summed E-state index contributed by atoms with van der Waals surface area (Å²) in [4.78, 5) is 32.9. The fraction of sp³-hybridized carbons (Fsp3) is 0.273. The Morgan fingerprint density at radius 2 is 1.80 bits per heavy atom.